The van der Waals surface area contributed by atoms with Crippen LogP contribution in [0.4, 0.5) is 0 Å². The Morgan fingerprint density at radius 1 is 0.742 bits per heavy atom. The van der Waals surface area contributed by atoms with Gasteiger partial charge in [0.25, 0.3) is 0 Å². The second-order valence-corrected chi connectivity index (χ2v) is 10.4. The first-order chi connectivity index (χ1) is 14.7. The van der Waals surface area contributed by atoms with Crippen molar-refractivity contribution in [3.63, 3.8) is 0 Å². The van der Waals surface area contributed by atoms with Crippen LogP contribution < -0.4 is 9.47 Å². The number of hydrogen-bond donors (Lipinski definition) is 0. The highest BCUT2D eigenvalue weighted by Gasteiger charge is 2.14. The first kappa shape index (κ1) is 27.5. The molecule has 3 nitrogen and oxygen atoms in total. The van der Waals surface area contributed by atoms with Crippen LogP contribution in [0.1, 0.15) is 109 Å². The van der Waals surface area contributed by atoms with E-state index in [1.54, 1.807) is 0 Å². The van der Waals surface area contributed by atoms with E-state index in [0.29, 0.717) is 30.6 Å². The first-order valence-electron chi connectivity index (χ1n) is 12.6. The zero-order valence-corrected chi connectivity index (χ0v) is 21.3. The SMILES string of the molecule is Cc1c(C=O)ccc(OCC[C@@H](C)CCCC(C)C)c1OCC[C@@H](C)CCCC(C)C. The molecule has 0 aromatic heterocycles. The number of hydrogen-bond acceptors (Lipinski definition) is 3. The van der Waals surface area contributed by atoms with Gasteiger partial charge in [-0.3, -0.25) is 4.79 Å². The molecule has 0 saturated carbocycles. The Morgan fingerprint density at radius 3 is 1.74 bits per heavy atom. The van der Waals surface area contributed by atoms with Gasteiger partial charge in [-0.2, -0.15) is 0 Å². The minimum atomic E-state index is 0.643. The van der Waals surface area contributed by atoms with Crippen LogP contribution in [0.5, 0.6) is 11.5 Å². The second kappa shape index (κ2) is 15.3. The quantitative estimate of drug-likeness (QED) is 0.232. The van der Waals surface area contributed by atoms with E-state index in [0.717, 1.165) is 48.0 Å². The van der Waals surface area contributed by atoms with Gasteiger partial charge in [-0.25, -0.2) is 0 Å². The fourth-order valence-electron chi connectivity index (χ4n) is 3.87. The van der Waals surface area contributed by atoms with Gasteiger partial charge in [0.1, 0.15) is 6.29 Å². The molecule has 0 fully saturated rings. The Bertz CT molecular complexity index is 621. The molecule has 0 amide bonds. The predicted molar refractivity (Wildman–Crippen MR) is 132 cm³/mol. The highest BCUT2D eigenvalue weighted by molar-refractivity contribution is 5.79. The van der Waals surface area contributed by atoms with Gasteiger partial charge in [-0.1, -0.05) is 80.1 Å². The van der Waals surface area contributed by atoms with Gasteiger partial charge in [0.2, 0.25) is 0 Å². The van der Waals surface area contributed by atoms with Gasteiger partial charge in [-0.05, 0) is 55.6 Å². The number of rotatable bonds is 17. The number of carbonyl (C=O) groups is 1. The monoisotopic (exact) mass is 432 g/mol. The molecule has 0 bridgehead atoms. The van der Waals surface area contributed by atoms with Crippen LogP contribution >= 0.6 is 0 Å². The summed E-state index contributed by atoms with van der Waals surface area (Å²) in [6.07, 6.45) is 10.6. The highest BCUT2D eigenvalue weighted by atomic mass is 16.5. The molecule has 31 heavy (non-hydrogen) atoms. The van der Waals surface area contributed by atoms with Crippen molar-refractivity contribution in [1.29, 1.82) is 0 Å². The number of aldehydes is 1. The first-order valence-corrected chi connectivity index (χ1v) is 12.6. The Hall–Kier alpha value is -1.51. The van der Waals surface area contributed by atoms with Gasteiger partial charge >= 0.3 is 0 Å². The third-order valence-electron chi connectivity index (χ3n) is 6.22. The molecule has 1 rings (SSSR count). The van der Waals surface area contributed by atoms with E-state index < -0.39 is 0 Å². The van der Waals surface area contributed by atoms with Crippen molar-refractivity contribution in [2.45, 2.75) is 99.8 Å². The van der Waals surface area contributed by atoms with E-state index in [4.69, 9.17) is 9.47 Å². The zero-order chi connectivity index (χ0) is 23.2. The molecule has 0 heterocycles. The summed E-state index contributed by atoms with van der Waals surface area (Å²) in [6, 6.07) is 3.73. The number of carbonyl (C=O) groups excluding carboxylic acids is 1. The Kier molecular flexibility index (Phi) is 13.6. The van der Waals surface area contributed by atoms with E-state index >= 15 is 0 Å². The molecular formula is C28H48O3. The average Bonchev–Trinajstić information content (AvgIpc) is 2.69. The lowest BCUT2D eigenvalue weighted by atomic mass is 9.97. The molecule has 3 heteroatoms. The molecule has 1 aromatic carbocycles. The van der Waals surface area contributed by atoms with Crippen LogP contribution in [-0.4, -0.2) is 19.5 Å². The van der Waals surface area contributed by atoms with Crippen molar-refractivity contribution >= 4 is 6.29 Å². The molecule has 0 saturated heterocycles. The van der Waals surface area contributed by atoms with Crippen LogP contribution in [0.25, 0.3) is 0 Å². The molecular weight excluding hydrogens is 384 g/mol. The third-order valence-corrected chi connectivity index (χ3v) is 6.22. The summed E-state index contributed by atoms with van der Waals surface area (Å²) in [5, 5.41) is 0. The van der Waals surface area contributed by atoms with Gasteiger partial charge in [0.05, 0.1) is 13.2 Å². The lowest BCUT2D eigenvalue weighted by Gasteiger charge is -2.19. The maximum atomic E-state index is 11.4. The third kappa shape index (κ3) is 11.6. The smallest absolute Gasteiger partial charge is 0.164 e. The van der Waals surface area contributed by atoms with Crippen molar-refractivity contribution in [2.75, 3.05) is 13.2 Å². The molecule has 0 spiro atoms. The summed E-state index contributed by atoms with van der Waals surface area (Å²) in [6.45, 7) is 17.0. The lowest BCUT2D eigenvalue weighted by molar-refractivity contribution is 0.112. The fourth-order valence-corrected chi connectivity index (χ4v) is 3.87. The molecule has 0 radical (unpaired) electrons. The van der Waals surface area contributed by atoms with Gasteiger partial charge in [-0.15, -0.1) is 0 Å². The largest absolute Gasteiger partial charge is 0.490 e. The van der Waals surface area contributed by atoms with Crippen LogP contribution in [-0.2, 0) is 0 Å². The average molecular weight is 433 g/mol. The lowest BCUT2D eigenvalue weighted by Crippen LogP contribution is -2.09. The van der Waals surface area contributed by atoms with Crippen LogP contribution in [0.2, 0.25) is 0 Å². The number of ether oxygens (including phenoxy) is 2. The summed E-state index contributed by atoms with van der Waals surface area (Å²) >= 11 is 0. The fraction of sp³-hybridized carbons (Fsp3) is 0.750. The molecule has 0 N–H and O–H groups in total. The van der Waals surface area contributed by atoms with E-state index in [1.807, 2.05) is 19.1 Å². The Balaban J connectivity index is 2.57. The van der Waals surface area contributed by atoms with Crippen molar-refractivity contribution in [3.8, 4) is 11.5 Å². The van der Waals surface area contributed by atoms with Crippen LogP contribution in [0.15, 0.2) is 12.1 Å². The van der Waals surface area contributed by atoms with Gasteiger partial charge < -0.3 is 9.47 Å². The van der Waals surface area contributed by atoms with Crippen molar-refractivity contribution < 1.29 is 14.3 Å². The molecule has 0 unspecified atom stereocenters. The summed E-state index contributed by atoms with van der Waals surface area (Å²) in [4.78, 5) is 11.4. The van der Waals surface area contributed by atoms with Gasteiger partial charge in [0, 0.05) is 11.1 Å². The second-order valence-electron chi connectivity index (χ2n) is 10.4. The molecule has 1 aromatic rings. The summed E-state index contributed by atoms with van der Waals surface area (Å²) in [7, 11) is 0. The van der Waals surface area contributed by atoms with Crippen molar-refractivity contribution in [1.82, 2.24) is 0 Å². The minimum absolute atomic E-state index is 0.643. The maximum absolute atomic E-state index is 11.4. The molecule has 2 atom stereocenters. The van der Waals surface area contributed by atoms with E-state index in [9.17, 15) is 4.79 Å². The topological polar surface area (TPSA) is 35.5 Å². The standard InChI is InChI=1S/C28H48O3/c1-21(2)10-8-12-23(5)16-18-30-27-15-14-26(20-29)25(7)28(27)31-19-17-24(6)13-9-11-22(3)4/h14-15,20-24H,8-13,16-19H2,1-7H3/t23-,24-/m0/s1. The normalized spacial score (nSPS) is 13.5. The maximum Gasteiger partial charge on any atom is 0.164 e. The van der Waals surface area contributed by atoms with Crippen molar-refractivity contribution in [2.24, 2.45) is 23.7 Å². The molecule has 0 aliphatic rings. The summed E-state index contributed by atoms with van der Waals surface area (Å²) < 4.78 is 12.3. The molecule has 0 aliphatic heterocycles. The van der Waals surface area contributed by atoms with Crippen LogP contribution in [0.3, 0.4) is 0 Å². The highest BCUT2D eigenvalue weighted by Crippen LogP contribution is 2.34. The Morgan fingerprint density at radius 2 is 1.26 bits per heavy atom. The van der Waals surface area contributed by atoms with E-state index in [1.165, 1.54) is 38.5 Å². The zero-order valence-electron chi connectivity index (χ0n) is 21.3. The Labute approximate surface area is 192 Å². The molecule has 0 aliphatic carbocycles. The van der Waals surface area contributed by atoms with Crippen molar-refractivity contribution in [3.05, 3.63) is 23.3 Å². The van der Waals surface area contributed by atoms with Gasteiger partial charge in [0.15, 0.2) is 11.5 Å². The summed E-state index contributed by atoms with van der Waals surface area (Å²) in [5.74, 6) is 4.36. The van der Waals surface area contributed by atoms with E-state index in [2.05, 4.69) is 41.5 Å². The minimum Gasteiger partial charge on any atom is -0.490 e. The molecule has 178 valence electrons. The predicted octanol–water partition coefficient (Wildman–Crippen LogP) is 8.27. The van der Waals surface area contributed by atoms with Crippen LogP contribution in [0, 0.1) is 30.6 Å². The summed E-state index contributed by atoms with van der Waals surface area (Å²) in [5.41, 5.74) is 1.55. The number of benzene rings is 1. The van der Waals surface area contributed by atoms with E-state index in [-0.39, 0.29) is 0 Å².